The first-order chi connectivity index (χ1) is 11.7. The first-order valence-electron chi connectivity index (χ1n) is 9.91. The van der Waals surface area contributed by atoms with Crippen LogP contribution in [0.3, 0.4) is 0 Å². The molecule has 0 aliphatic carbocycles. The minimum Gasteiger partial charge on any atom is -0.494 e. The van der Waals surface area contributed by atoms with Gasteiger partial charge in [0, 0.05) is 39.1 Å². The molecule has 139 valence electrons. The molecular formula is C21H36NO2Y+. The van der Waals surface area contributed by atoms with Crippen molar-refractivity contribution in [3.8, 4) is 11.5 Å². The zero-order valence-corrected chi connectivity index (χ0v) is 19.2. The maximum Gasteiger partial charge on any atom is 0.119 e. The van der Waals surface area contributed by atoms with Crippen molar-refractivity contribution in [3.63, 3.8) is 0 Å². The fourth-order valence-corrected chi connectivity index (χ4v) is 3.46. The van der Waals surface area contributed by atoms with Crippen LogP contribution in [0.15, 0.2) is 24.3 Å². The zero-order valence-electron chi connectivity index (χ0n) is 16.3. The second-order valence-corrected chi connectivity index (χ2v) is 7.43. The van der Waals surface area contributed by atoms with Gasteiger partial charge in [-0.3, -0.25) is 0 Å². The van der Waals surface area contributed by atoms with E-state index in [2.05, 4.69) is 14.0 Å². The van der Waals surface area contributed by atoms with Gasteiger partial charge in [0.05, 0.1) is 39.9 Å². The van der Waals surface area contributed by atoms with Gasteiger partial charge in [0.2, 0.25) is 0 Å². The van der Waals surface area contributed by atoms with E-state index >= 15 is 0 Å². The number of nitrogens with zero attached hydrogens (tertiary/aromatic N) is 1. The summed E-state index contributed by atoms with van der Waals surface area (Å²) in [6, 6.07) is 8.07. The van der Waals surface area contributed by atoms with E-state index < -0.39 is 0 Å². The molecule has 3 nitrogen and oxygen atoms in total. The van der Waals surface area contributed by atoms with E-state index in [1.165, 1.54) is 62.6 Å². The van der Waals surface area contributed by atoms with E-state index in [0.29, 0.717) is 0 Å². The molecule has 1 radical (unpaired) electrons. The summed E-state index contributed by atoms with van der Waals surface area (Å²) in [6.07, 6.45) is 10.4. The monoisotopic (exact) mass is 423 g/mol. The maximum atomic E-state index is 5.91. The molecule has 1 saturated heterocycles. The van der Waals surface area contributed by atoms with Crippen LogP contribution in [0.2, 0.25) is 0 Å². The number of quaternary nitrogens is 1. The number of ether oxygens (including phenoxy) is 2. The number of hydrogen-bond acceptors (Lipinski definition) is 2. The average molecular weight is 423 g/mol. The van der Waals surface area contributed by atoms with Crippen LogP contribution in [0.5, 0.6) is 11.5 Å². The van der Waals surface area contributed by atoms with Crippen molar-refractivity contribution in [2.75, 3.05) is 39.9 Å². The minimum atomic E-state index is 0. The van der Waals surface area contributed by atoms with Crippen molar-refractivity contribution < 1.29 is 46.7 Å². The number of rotatable bonds is 9. The van der Waals surface area contributed by atoms with Crippen LogP contribution in [-0.2, 0) is 32.7 Å². The summed E-state index contributed by atoms with van der Waals surface area (Å²) in [5.74, 6) is 1.89. The average Bonchev–Trinajstić information content (AvgIpc) is 2.57. The molecule has 1 heterocycles. The Labute approximate surface area is 179 Å². The van der Waals surface area contributed by atoms with Crippen LogP contribution >= 0.6 is 0 Å². The first-order valence-corrected chi connectivity index (χ1v) is 9.91. The molecule has 1 fully saturated rings. The third-order valence-electron chi connectivity index (χ3n) is 5.10. The molecule has 4 heteroatoms. The number of benzene rings is 1. The second-order valence-electron chi connectivity index (χ2n) is 7.43. The molecule has 0 atom stereocenters. The Morgan fingerprint density at radius 2 is 1.28 bits per heavy atom. The number of hydrogen-bond donors (Lipinski definition) is 0. The van der Waals surface area contributed by atoms with E-state index in [4.69, 9.17) is 9.47 Å². The van der Waals surface area contributed by atoms with Crippen molar-refractivity contribution in [1.82, 2.24) is 0 Å². The van der Waals surface area contributed by atoms with Crippen LogP contribution in [0, 0.1) is 0 Å². The summed E-state index contributed by atoms with van der Waals surface area (Å²) in [5.41, 5.74) is 0. The summed E-state index contributed by atoms with van der Waals surface area (Å²) in [6.45, 7) is 7.69. The van der Waals surface area contributed by atoms with Gasteiger partial charge in [-0.25, -0.2) is 0 Å². The van der Waals surface area contributed by atoms with Gasteiger partial charge < -0.3 is 14.0 Å². The summed E-state index contributed by atoms with van der Waals surface area (Å²) in [5, 5.41) is 0. The SMILES string of the molecule is CCCCOc1ccc(OCCC[N+]2(C)CCCCCCC2)cc1.[Y]. The maximum absolute atomic E-state index is 5.91. The summed E-state index contributed by atoms with van der Waals surface area (Å²) in [7, 11) is 2.42. The molecule has 1 aliphatic rings. The minimum absolute atomic E-state index is 0. The Balaban J connectivity index is 0.00000312. The molecule has 0 unspecified atom stereocenters. The molecule has 2 rings (SSSR count). The summed E-state index contributed by atoms with van der Waals surface area (Å²) >= 11 is 0. The van der Waals surface area contributed by atoms with Gasteiger partial charge in [0.25, 0.3) is 0 Å². The van der Waals surface area contributed by atoms with Gasteiger partial charge in [-0.1, -0.05) is 19.8 Å². The largest absolute Gasteiger partial charge is 0.494 e. The molecule has 0 aromatic heterocycles. The molecule has 1 aromatic rings. The summed E-state index contributed by atoms with van der Waals surface area (Å²) < 4.78 is 12.8. The normalized spacial score (nSPS) is 17.0. The van der Waals surface area contributed by atoms with Crippen LogP contribution in [0.4, 0.5) is 0 Å². The van der Waals surface area contributed by atoms with Crippen molar-refractivity contribution in [2.45, 2.75) is 58.3 Å². The van der Waals surface area contributed by atoms with Crippen molar-refractivity contribution in [2.24, 2.45) is 0 Å². The van der Waals surface area contributed by atoms with Gasteiger partial charge in [0.1, 0.15) is 11.5 Å². The van der Waals surface area contributed by atoms with Crippen LogP contribution in [0.1, 0.15) is 58.3 Å². The third kappa shape index (κ3) is 9.40. The van der Waals surface area contributed by atoms with Crippen LogP contribution < -0.4 is 9.47 Å². The number of unbranched alkanes of at least 4 members (excludes halogenated alkanes) is 1. The van der Waals surface area contributed by atoms with E-state index in [0.717, 1.165) is 37.6 Å². The molecule has 25 heavy (non-hydrogen) atoms. The standard InChI is InChI=1S/C21H36NO2.Y/c1-3-4-18-23-20-11-13-21(14-12-20)24-19-10-17-22(2)15-8-6-5-7-9-16-22;/h11-14H,3-10,15-19H2,1-2H3;/q+1;. The topological polar surface area (TPSA) is 18.5 Å². The molecular weight excluding hydrogens is 387 g/mol. The van der Waals surface area contributed by atoms with Gasteiger partial charge >= 0.3 is 0 Å². The van der Waals surface area contributed by atoms with E-state index in [9.17, 15) is 0 Å². The van der Waals surface area contributed by atoms with Gasteiger partial charge in [-0.2, -0.15) is 0 Å². The molecule has 0 spiro atoms. The smallest absolute Gasteiger partial charge is 0.119 e. The number of likely N-dealkylation sites (tertiary alicyclic amines) is 1. The molecule has 1 aliphatic heterocycles. The predicted octanol–water partition coefficient (Wildman–Crippen LogP) is 5.04. The van der Waals surface area contributed by atoms with Gasteiger partial charge in [0.15, 0.2) is 0 Å². The van der Waals surface area contributed by atoms with Crippen molar-refractivity contribution in [1.29, 1.82) is 0 Å². The fraction of sp³-hybridized carbons (Fsp3) is 0.714. The Kier molecular flexibility index (Phi) is 12.0. The van der Waals surface area contributed by atoms with Crippen LogP contribution in [0.25, 0.3) is 0 Å². The Morgan fingerprint density at radius 1 is 0.800 bits per heavy atom. The molecule has 0 amide bonds. The zero-order chi connectivity index (χ0) is 17.1. The fourth-order valence-electron chi connectivity index (χ4n) is 3.46. The predicted molar refractivity (Wildman–Crippen MR) is 101 cm³/mol. The van der Waals surface area contributed by atoms with Crippen molar-refractivity contribution in [3.05, 3.63) is 24.3 Å². The Morgan fingerprint density at radius 3 is 1.80 bits per heavy atom. The third-order valence-corrected chi connectivity index (χ3v) is 5.10. The second kappa shape index (κ2) is 13.1. The summed E-state index contributed by atoms with van der Waals surface area (Å²) in [4.78, 5) is 0. The van der Waals surface area contributed by atoms with E-state index in [-0.39, 0.29) is 32.7 Å². The Bertz CT molecular complexity index is 442. The molecule has 0 bridgehead atoms. The molecule has 0 saturated carbocycles. The Hall–Kier alpha value is -0.116. The van der Waals surface area contributed by atoms with Gasteiger partial charge in [-0.15, -0.1) is 0 Å². The van der Waals surface area contributed by atoms with E-state index in [1.807, 2.05) is 24.3 Å². The quantitative estimate of drug-likeness (QED) is 0.409. The van der Waals surface area contributed by atoms with Crippen molar-refractivity contribution >= 4 is 0 Å². The first kappa shape index (κ1) is 22.9. The van der Waals surface area contributed by atoms with Crippen LogP contribution in [-0.4, -0.2) is 44.4 Å². The van der Waals surface area contributed by atoms with E-state index in [1.54, 1.807) is 0 Å². The molecule has 1 aromatic carbocycles. The van der Waals surface area contributed by atoms with Gasteiger partial charge in [-0.05, 0) is 56.4 Å². The molecule has 0 N–H and O–H groups in total.